The van der Waals surface area contributed by atoms with Crippen molar-refractivity contribution >= 4 is 10.8 Å². The summed E-state index contributed by atoms with van der Waals surface area (Å²) in [6.45, 7) is 3.10. The Morgan fingerprint density at radius 2 is 2.20 bits per heavy atom. The van der Waals surface area contributed by atoms with Gasteiger partial charge in [-0.25, -0.2) is 0 Å². The summed E-state index contributed by atoms with van der Waals surface area (Å²) < 4.78 is 5.81. The summed E-state index contributed by atoms with van der Waals surface area (Å²) in [6, 6.07) is 8.80. The van der Waals surface area contributed by atoms with Crippen LogP contribution in [0.4, 0.5) is 0 Å². The molecular weight excluding hydrogens is 248 g/mol. The molecule has 1 aromatic carbocycles. The summed E-state index contributed by atoms with van der Waals surface area (Å²) in [5.74, 6) is 0.696. The average Bonchev–Trinajstić information content (AvgIpc) is 3.31. The topological polar surface area (TPSA) is 34.2 Å². The van der Waals surface area contributed by atoms with Crippen molar-refractivity contribution in [3.8, 4) is 0 Å². The van der Waals surface area contributed by atoms with Crippen molar-refractivity contribution in [1.82, 2.24) is 10.3 Å². The third-order valence-corrected chi connectivity index (χ3v) is 4.16. The molecule has 2 aromatic rings. The number of likely N-dealkylation sites (N-methyl/N-ethyl adjacent to an activating group) is 1. The van der Waals surface area contributed by atoms with Gasteiger partial charge in [0.25, 0.3) is 0 Å². The molecule has 0 saturated heterocycles. The van der Waals surface area contributed by atoms with Gasteiger partial charge in [0.2, 0.25) is 0 Å². The van der Waals surface area contributed by atoms with Gasteiger partial charge in [0.15, 0.2) is 0 Å². The van der Waals surface area contributed by atoms with E-state index >= 15 is 0 Å². The quantitative estimate of drug-likeness (QED) is 0.874. The van der Waals surface area contributed by atoms with Crippen LogP contribution in [0.25, 0.3) is 10.8 Å². The summed E-state index contributed by atoms with van der Waals surface area (Å²) in [5.41, 5.74) is 1.32. The van der Waals surface area contributed by atoms with E-state index in [9.17, 15) is 0 Å². The van der Waals surface area contributed by atoms with Gasteiger partial charge >= 0.3 is 0 Å². The number of nitrogens with one attached hydrogen (secondary N) is 1. The van der Waals surface area contributed by atoms with Crippen LogP contribution in [-0.4, -0.2) is 24.7 Å². The Balaban J connectivity index is 2.04. The third-order valence-electron chi connectivity index (χ3n) is 4.16. The maximum absolute atomic E-state index is 5.81. The predicted molar refractivity (Wildman–Crippen MR) is 81.7 cm³/mol. The van der Waals surface area contributed by atoms with Gasteiger partial charge in [-0.15, -0.1) is 0 Å². The molecule has 1 heterocycles. The normalized spacial score (nSPS) is 18.1. The molecule has 2 atom stereocenters. The number of ether oxygens (including phenoxy) is 1. The maximum Gasteiger partial charge on any atom is 0.0794 e. The van der Waals surface area contributed by atoms with Crippen molar-refractivity contribution in [1.29, 1.82) is 0 Å². The van der Waals surface area contributed by atoms with Gasteiger partial charge in [0.1, 0.15) is 0 Å². The highest BCUT2D eigenvalue weighted by Crippen LogP contribution is 2.41. The molecule has 1 aromatic heterocycles. The first-order chi connectivity index (χ1) is 9.85. The molecule has 0 radical (unpaired) electrons. The Labute approximate surface area is 120 Å². The van der Waals surface area contributed by atoms with Crippen LogP contribution in [0.3, 0.4) is 0 Å². The Morgan fingerprint density at radius 3 is 2.90 bits per heavy atom. The monoisotopic (exact) mass is 270 g/mol. The molecule has 3 heteroatoms. The summed E-state index contributed by atoms with van der Waals surface area (Å²) in [7, 11) is 1.83. The van der Waals surface area contributed by atoms with Crippen molar-refractivity contribution in [2.75, 3.05) is 13.7 Å². The number of methoxy groups -OCH3 is 1. The van der Waals surface area contributed by atoms with Crippen molar-refractivity contribution in [3.05, 3.63) is 42.2 Å². The van der Waals surface area contributed by atoms with E-state index < -0.39 is 0 Å². The van der Waals surface area contributed by atoms with Crippen LogP contribution in [0.5, 0.6) is 0 Å². The van der Waals surface area contributed by atoms with E-state index in [-0.39, 0.29) is 12.1 Å². The summed E-state index contributed by atoms with van der Waals surface area (Å²) in [4.78, 5) is 4.22. The molecule has 3 rings (SSSR count). The Hall–Kier alpha value is -1.45. The molecule has 3 nitrogen and oxygen atoms in total. The lowest BCUT2D eigenvalue weighted by atomic mass is 9.93. The van der Waals surface area contributed by atoms with Gasteiger partial charge in [0, 0.05) is 24.9 Å². The van der Waals surface area contributed by atoms with Gasteiger partial charge in [-0.3, -0.25) is 4.98 Å². The molecule has 2 unspecified atom stereocenters. The van der Waals surface area contributed by atoms with Crippen LogP contribution in [0.2, 0.25) is 0 Å². The molecule has 1 N–H and O–H groups in total. The van der Waals surface area contributed by atoms with Crippen LogP contribution in [0, 0.1) is 5.92 Å². The molecular formula is C17H22N2O. The van der Waals surface area contributed by atoms with Crippen molar-refractivity contribution in [2.45, 2.75) is 31.9 Å². The van der Waals surface area contributed by atoms with Crippen LogP contribution in [-0.2, 0) is 4.74 Å². The first-order valence-electron chi connectivity index (χ1n) is 7.44. The maximum atomic E-state index is 5.81. The first-order valence-corrected chi connectivity index (χ1v) is 7.44. The molecule has 0 spiro atoms. The number of pyridine rings is 1. The van der Waals surface area contributed by atoms with E-state index in [0.29, 0.717) is 5.92 Å². The van der Waals surface area contributed by atoms with E-state index in [1.807, 2.05) is 19.5 Å². The van der Waals surface area contributed by atoms with Crippen LogP contribution in [0.15, 0.2) is 36.7 Å². The number of hydrogen-bond acceptors (Lipinski definition) is 3. The van der Waals surface area contributed by atoms with Gasteiger partial charge in [-0.2, -0.15) is 0 Å². The standard InChI is InChI=1S/C17H22N2O/c1-3-19-16(17(20-2)12-7-8-12)15-6-4-5-13-11-18-10-9-14(13)15/h4-6,9-12,16-17,19H,3,7-8H2,1-2H3. The van der Waals surface area contributed by atoms with E-state index in [0.717, 1.165) is 6.54 Å². The smallest absolute Gasteiger partial charge is 0.0794 e. The molecule has 1 saturated carbocycles. The highest BCUT2D eigenvalue weighted by Gasteiger charge is 2.37. The van der Waals surface area contributed by atoms with Gasteiger partial charge < -0.3 is 10.1 Å². The molecule has 106 valence electrons. The van der Waals surface area contributed by atoms with E-state index in [2.05, 4.69) is 41.5 Å². The Bertz CT molecular complexity index is 575. The number of rotatable bonds is 6. The zero-order valence-electron chi connectivity index (χ0n) is 12.2. The largest absolute Gasteiger partial charge is 0.379 e. The van der Waals surface area contributed by atoms with Crippen LogP contribution >= 0.6 is 0 Å². The Kier molecular flexibility index (Phi) is 3.99. The molecule has 1 fully saturated rings. The van der Waals surface area contributed by atoms with Crippen molar-refractivity contribution in [2.24, 2.45) is 5.92 Å². The number of hydrogen-bond donors (Lipinski definition) is 1. The minimum absolute atomic E-state index is 0.253. The van der Waals surface area contributed by atoms with Crippen LogP contribution in [0.1, 0.15) is 31.4 Å². The molecule has 1 aliphatic rings. The minimum atomic E-state index is 0.253. The average molecular weight is 270 g/mol. The molecule has 0 bridgehead atoms. The van der Waals surface area contributed by atoms with Crippen molar-refractivity contribution < 1.29 is 4.74 Å². The van der Waals surface area contributed by atoms with Gasteiger partial charge in [0.05, 0.1) is 12.1 Å². The third kappa shape index (κ3) is 2.56. The summed E-state index contributed by atoms with van der Waals surface area (Å²) in [5, 5.41) is 6.09. The van der Waals surface area contributed by atoms with E-state index in [4.69, 9.17) is 4.74 Å². The van der Waals surface area contributed by atoms with Gasteiger partial charge in [-0.05, 0) is 42.3 Å². The van der Waals surface area contributed by atoms with Gasteiger partial charge in [-0.1, -0.05) is 25.1 Å². The van der Waals surface area contributed by atoms with Crippen LogP contribution < -0.4 is 5.32 Å². The number of benzene rings is 1. The number of fused-ring (bicyclic) bond motifs is 1. The fraction of sp³-hybridized carbons (Fsp3) is 0.471. The first kappa shape index (κ1) is 13.5. The molecule has 0 amide bonds. The van der Waals surface area contributed by atoms with E-state index in [1.54, 1.807) is 0 Å². The second-order valence-electron chi connectivity index (χ2n) is 5.52. The Morgan fingerprint density at radius 1 is 1.35 bits per heavy atom. The lowest BCUT2D eigenvalue weighted by molar-refractivity contribution is 0.0516. The second-order valence-corrected chi connectivity index (χ2v) is 5.52. The zero-order valence-corrected chi connectivity index (χ0v) is 12.2. The fourth-order valence-corrected chi connectivity index (χ4v) is 3.07. The lowest BCUT2D eigenvalue weighted by Gasteiger charge is -2.28. The lowest BCUT2D eigenvalue weighted by Crippen LogP contribution is -2.34. The highest BCUT2D eigenvalue weighted by atomic mass is 16.5. The molecule has 0 aliphatic heterocycles. The second kappa shape index (κ2) is 5.90. The number of nitrogens with zero attached hydrogens (tertiary/aromatic N) is 1. The van der Waals surface area contributed by atoms with Crippen molar-refractivity contribution in [3.63, 3.8) is 0 Å². The molecule has 1 aliphatic carbocycles. The fourth-order valence-electron chi connectivity index (χ4n) is 3.07. The SMILES string of the molecule is CCNC(c1cccc2cnccc12)C(OC)C1CC1. The zero-order chi connectivity index (χ0) is 13.9. The van der Waals surface area contributed by atoms with E-state index in [1.165, 1.54) is 29.2 Å². The molecule has 20 heavy (non-hydrogen) atoms. The predicted octanol–water partition coefficient (Wildman–Crippen LogP) is 3.31. The minimum Gasteiger partial charge on any atom is -0.379 e. The highest BCUT2D eigenvalue weighted by molar-refractivity contribution is 5.85. The summed E-state index contributed by atoms with van der Waals surface area (Å²) in [6.07, 6.45) is 6.63. The summed E-state index contributed by atoms with van der Waals surface area (Å²) >= 11 is 0. The number of aromatic nitrogens is 1.